The third kappa shape index (κ3) is 2.67. The van der Waals surface area contributed by atoms with E-state index >= 15 is 0 Å². The van der Waals surface area contributed by atoms with Gasteiger partial charge in [-0.1, -0.05) is 29.3 Å². The van der Waals surface area contributed by atoms with Crippen LogP contribution in [0.1, 0.15) is 18.2 Å². The van der Waals surface area contributed by atoms with Crippen molar-refractivity contribution in [1.29, 1.82) is 0 Å². The molecule has 1 aromatic carbocycles. The van der Waals surface area contributed by atoms with Gasteiger partial charge < -0.3 is 15.0 Å². The summed E-state index contributed by atoms with van der Waals surface area (Å²) in [5.41, 5.74) is 4.68. The first-order chi connectivity index (χ1) is 12.5. The summed E-state index contributed by atoms with van der Waals surface area (Å²) in [6.07, 6.45) is 4.16. The second-order valence-corrected chi connectivity index (χ2v) is 7.31. The molecule has 4 rings (SSSR count). The van der Waals surface area contributed by atoms with Gasteiger partial charge in [-0.05, 0) is 24.6 Å². The fraction of sp³-hybridized carbons (Fsp3) is 0.263. The summed E-state index contributed by atoms with van der Waals surface area (Å²) in [4.78, 5) is 21.4. The van der Waals surface area contributed by atoms with Gasteiger partial charge in [-0.25, -0.2) is 0 Å². The monoisotopic (exact) mass is 389 g/mol. The van der Waals surface area contributed by atoms with Crippen molar-refractivity contribution in [3.05, 3.63) is 51.9 Å². The minimum absolute atomic E-state index is 0.00805. The fourth-order valence-electron chi connectivity index (χ4n) is 3.69. The molecule has 0 bridgehead atoms. The van der Waals surface area contributed by atoms with Crippen molar-refractivity contribution in [2.24, 2.45) is 0 Å². The number of aliphatic hydroxyl groups is 1. The van der Waals surface area contributed by atoms with Crippen LogP contribution in [-0.4, -0.2) is 38.5 Å². The molecule has 134 valence electrons. The predicted molar refractivity (Wildman–Crippen MR) is 102 cm³/mol. The van der Waals surface area contributed by atoms with Crippen molar-refractivity contribution in [3.63, 3.8) is 0 Å². The summed E-state index contributed by atoms with van der Waals surface area (Å²) in [7, 11) is 0. The van der Waals surface area contributed by atoms with Crippen LogP contribution in [0.5, 0.6) is 0 Å². The highest BCUT2D eigenvalue weighted by atomic mass is 35.5. The number of fused-ring (bicyclic) bond motifs is 3. The predicted octanol–water partition coefficient (Wildman–Crippen LogP) is 3.80. The Bertz CT molecular complexity index is 1000. The Balaban J connectivity index is 1.98. The summed E-state index contributed by atoms with van der Waals surface area (Å²) in [5.74, 6) is -0.277. The van der Waals surface area contributed by atoms with Crippen LogP contribution in [0.2, 0.25) is 10.0 Å². The average Bonchev–Trinajstić information content (AvgIpc) is 3.02. The number of hydrogen-bond acceptors (Lipinski definition) is 3. The second kappa shape index (κ2) is 6.58. The Morgan fingerprint density at radius 3 is 2.96 bits per heavy atom. The van der Waals surface area contributed by atoms with Gasteiger partial charge in [0, 0.05) is 53.6 Å². The zero-order valence-electron chi connectivity index (χ0n) is 14.1. The molecule has 1 aliphatic heterocycles. The molecule has 7 heteroatoms. The molecule has 3 aromatic rings. The highest BCUT2D eigenvalue weighted by Crippen LogP contribution is 2.42. The van der Waals surface area contributed by atoms with Crippen LogP contribution >= 0.6 is 23.2 Å². The van der Waals surface area contributed by atoms with Gasteiger partial charge in [0.2, 0.25) is 5.91 Å². The summed E-state index contributed by atoms with van der Waals surface area (Å²) in [6.45, 7) is 1.89. The van der Waals surface area contributed by atoms with E-state index in [2.05, 4.69) is 9.97 Å². The molecule has 0 unspecified atom stereocenters. The van der Waals surface area contributed by atoms with Gasteiger partial charge in [0.05, 0.1) is 15.6 Å². The zero-order chi connectivity index (χ0) is 18.4. The molecule has 26 heavy (non-hydrogen) atoms. The van der Waals surface area contributed by atoms with Gasteiger partial charge in [-0.3, -0.25) is 9.78 Å². The Labute approximate surface area is 160 Å². The lowest BCUT2D eigenvalue weighted by molar-refractivity contribution is -0.137. The minimum atomic E-state index is -0.496. The van der Waals surface area contributed by atoms with Crippen molar-refractivity contribution in [3.8, 4) is 11.1 Å². The average molecular weight is 390 g/mol. The van der Waals surface area contributed by atoms with Crippen LogP contribution in [0.3, 0.4) is 0 Å². The Kier molecular flexibility index (Phi) is 4.39. The summed E-state index contributed by atoms with van der Waals surface area (Å²) in [5, 5.41) is 11.2. The number of aromatic amines is 1. The summed E-state index contributed by atoms with van der Waals surface area (Å²) in [6, 6.07) is 5.67. The number of nitrogens with one attached hydrogen (secondary N) is 1. The van der Waals surface area contributed by atoms with E-state index in [1.54, 1.807) is 17.3 Å². The maximum atomic E-state index is 12.1. The van der Waals surface area contributed by atoms with E-state index in [9.17, 15) is 9.90 Å². The van der Waals surface area contributed by atoms with Crippen LogP contribution in [0.15, 0.2) is 30.6 Å². The van der Waals surface area contributed by atoms with Gasteiger partial charge in [0.25, 0.3) is 0 Å². The first-order valence-corrected chi connectivity index (χ1v) is 9.09. The third-order valence-electron chi connectivity index (χ3n) is 4.95. The van der Waals surface area contributed by atoms with Gasteiger partial charge in [0.15, 0.2) is 0 Å². The van der Waals surface area contributed by atoms with Gasteiger partial charge in [-0.15, -0.1) is 0 Å². The quantitative estimate of drug-likeness (QED) is 0.699. The third-order valence-corrected chi connectivity index (χ3v) is 5.74. The lowest BCUT2D eigenvalue weighted by Crippen LogP contribution is -2.43. The van der Waals surface area contributed by atoms with Crippen LogP contribution in [0.25, 0.3) is 22.0 Å². The summed E-state index contributed by atoms with van der Waals surface area (Å²) < 4.78 is 0. The number of aromatic nitrogens is 2. The topological polar surface area (TPSA) is 69.2 Å². The molecule has 0 saturated carbocycles. The SMILES string of the molecule is C[C@@H]1Cc2[nH]c3c(Cl)c(Cl)cc(-c4cccnc4)c3c2CN1C(=O)CO. The Morgan fingerprint density at radius 1 is 1.46 bits per heavy atom. The van der Waals surface area contributed by atoms with Crippen LogP contribution < -0.4 is 0 Å². The van der Waals surface area contributed by atoms with Crippen molar-refractivity contribution in [2.75, 3.05) is 6.61 Å². The molecule has 5 nitrogen and oxygen atoms in total. The van der Waals surface area contributed by atoms with Gasteiger partial charge >= 0.3 is 0 Å². The summed E-state index contributed by atoms with van der Waals surface area (Å²) >= 11 is 12.8. The number of pyridine rings is 1. The van der Waals surface area contributed by atoms with Crippen LogP contribution in [-0.2, 0) is 17.8 Å². The molecule has 1 aliphatic rings. The fourth-order valence-corrected chi connectivity index (χ4v) is 4.09. The number of hydrogen-bond donors (Lipinski definition) is 2. The van der Waals surface area contributed by atoms with Crippen molar-refractivity contribution < 1.29 is 9.90 Å². The number of carbonyl (C=O) groups excluding carboxylic acids is 1. The lowest BCUT2D eigenvalue weighted by atomic mass is 9.95. The molecule has 1 atom stereocenters. The normalized spacial score (nSPS) is 16.8. The molecule has 0 fully saturated rings. The standard InChI is InChI=1S/C19H17Cl2N3O2/c1-10-5-15-13(8-24(10)16(26)9-25)17-12(11-3-2-4-22-7-11)6-14(20)18(21)19(17)23-15/h2-4,6-7,10,23,25H,5,8-9H2,1H3/t10-/m1/s1. The van der Waals surface area contributed by atoms with Crippen molar-refractivity contribution in [2.45, 2.75) is 25.9 Å². The maximum absolute atomic E-state index is 12.1. The van der Waals surface area contributed by atoms with Gasteiger partial charge in [-0.2, -0.15) is 0 Å². The molecule has 2 N–H and O–H groups in total. The smallest absolute Gasteiger partial charge is 0.248 e. The number of halogens is 2. The maximum Gasteiger partial charge on any atom is 0.248 e. The number of rotatable bonds is 2. The molecule has 1 amide bonds. The van der Waals surface area contributed by atoms with E-state index in [4.69, 9.17) is 23.2 Å². The van der Waals surface area contributed by atoms with E-state index in [1.165, 1.54) is 0 Å². The first-order valence-electron chi connectivity index (χ1n) is 8.33. The molecule has 0 aliphatic carbocycles. The van der Waals surface area contributed by atoms with Crippen molar-refractivity contribution >= 4 is 40.0 Å². The first kappa shape index (κ1) is 17.3. The molecule has 2 aromatic heterocycles. The molecule has 0 spiro atoms. The van der Waals surface area contributed by atoms with Crippen LogP contribution in [0.4, 0.5) is 0 Å². The highest BCUT2D eigenvalue weighted by Gasteiger charge is 2.30. The van der Waals surface area contributed by atoms with Crippen LogP contribution in [0, 0.1) is 0 Å². The van der Waals surface area contributed by atoms with E-state index in [0.29, 0.717) is 23.0 Å². The molecule has 3 heterocycles. The highest BCUT2D eigenvalue weighted by molar-refractivity contribution is 6.45. The van der Waals surface area contributed by atoms with Crippen molar-refractivity contribution in [1.82, 2.24) is 14.9 Å². The van der Waals surface area contributed by atoms with E-state index in [0.717, 1.165) is 33.3 Å². The number of aliphatic hydroxyl groups excluding tert-OH is 1. The number of nitrogens with zero attached hydrogens (tertiary/aromatic N) is 2. The molecule has 0 saturated heterocycles. The minimum Gasteiger partial charge on any atom is -0.387 e. The van der Waals surface area contributed by atoms with E-state index < -0.39 is 6.61 Å². The molecular weight excluding hydrogens is 373 g/mol. The Morgan fingerprint density at radius 2 is 2.27 bits per heavy atom. The van der Waals surface area contributed by atoms with E-state index in [1.807, 2.05) is 25.1 Å². The largest absolute Gasteiger partial charge is 0.387 e. The number of amides is 1. The van der Waals surface area contributed by atoms with E-state index in [-0.39, 0.29) is 11.9 Å². The number of carbonyl (C=O) groups is 1. The second-order valence-electron chi connectivity index (χ2n) is 6.53. The lowest BCUT2D eigenvalue weighted by Gasteiger charge is -2.33. The zero-order valence-corrected chi connectivity index (χ0v) is 15.6. The number of H-pyrrole nitrogens is 1. The van der Waals surface area contributed by atoms with Gasteiger partial charge in [0.1, 0.15) is 6.61 Å². The molecular formula is C19H17Cl2N3O2. The number of benzene rings is 1. The Hall–Kier alpha value is -2.08. The molecule has 0 radical (unpaired) electrons.